The summed E-state index contributed by atoms with van der Waals surface area (Å²) in [5.41, 5.74) is 5.45. The largest absolute Gasteiger partial charge is 0.327 e. The third kappa shape index (κ3) is 1.60. The highest BCUT2D eigenvalue weighted by molar-refractivity contribution is 6.58. The first-order valence-corrected chi connectivity index (χ1v) is 3.76. The number of hydrogen-bond donors (Lipinski definition) is 1. The Morgan fingerprint density at radius 2 is 2.00 bits per heavy atom. The van der Waals surface area contributed by atoms with Crippen LogP contribution in [0.4, 0.5) is 0 Å². The van der Waals surface area contributed by atoms with E-state index < -0.39 is 0 Å². The van der Waals surface area contributed by atoms with Gasteiger partial charge in [-0.3, -0.25) is 0 Å². The van der Waals surface area contributed by atoms with Gasteiger partial charge >= 0.3 is 0 Å². The molecule has 0 heterocycles. The Labute approximate surface area is 62.6 Å². The average molecular weight is 137 g/mol. The molecule has 0 unspecified atom stereocenters. The molecule has 2 nitrogen and oxygen atoms in total. The van der Waals surface area contributed by atoms with Crippen molar-refractivity contribution in [2.24, 2.45) is 11.7 Å². The molecule has 1 saturated carbocycles. The first-order chi connectivity index (χ1) is 4.72. The van der Waals surface area contributed by atoms with Gasteiger partial charge in [-0.1, -0.05) is 12.8 Å². The minimum Gasteiger partial charge on any atom is -0.327 e. The van der Waals surface area contributed by atoms with E-state index >= 15 is 0 Å². The van der Waals surface area contributed by atoms with Crippen molar-refractivity contribution in [2.75, 3.05) is 0 Å². The molecule has 0 aromatic heterocycles. The molecular weight excluding hydrogens is 125 g/mol. The fourth-order valence-corrected chi connectivity index (χ4v) is 1.51. The van der Waals surface area contributed by atoms with Gasteiger partial charge in [-0.2, -0.15) is 0 Å². The maximum absolute atomic E-state index is 10.7. The summed E-state index contributed by atoms with van der Waals surface area (Å²) in [7, 11) is 5.14. The molecule has 0 bridgehead atoms. The third-order valence-corrected chi connectivity index (χ3v) is 2.18. The molecule has 2 atom stereocenters. The Bertz CT molecular complexity index is 138. The van der Waals surface area contributed by atoms with Crippen LogP contribution in [-0.2, 0) is 4.79 Å². The van der Waals surface area contributed by atoms with Crippen LogP contribution >= 0.6 is 0 Å². The summed E-state index contributed by atoms with van der Waals surface area (Å²) in [4.78, 5) is 10.7. The van der Waals surface area contributed by atoms with E-state index in [4.69, 9.17) is 13.6 Å². The van der Waals surface area contributed by atoms with Gasteiger partial charge in [0.25, 0.3) is 0 Å². The number of carbonyl (C=O) groups is 1. The Balaban J connectivity index is 2.47. The minimum absolute atomic E-state index is 0.0197. The van der Waals surface area contributed by atoms with Crippen LogP contribution in [0, 0.1) is 5.92 Å². The van der Waals surface area contributed by atoms with E-state index in [1.807, 2.05) is 0 Å². The fraction of sp³-hybridized carbons (Fsp3) is 0.857. The van der Waals surface area contributed by atoms with Gasteiger partial charge in [-0.25, -0.2) is 0 Å². The van der Waals surface area contributed by atoms with Crippen LogP contribution in [0.3, 0.4) is 0 Å². The zero-order valence-corrected chi connectivity index (χ0v) is 6.05. The van der Waals surface area contributed by atoms with E-state index in [-0.39, 0.29) is 17.6 Å². The monoisotopic (exact) mass is 137 g/mol. The second-order valence-electron chi connectivity index (χ2n) is 2.96. The predicted molar refractivity (Wildman–Crippen MR) is 40.7 cm³/mol. The van der Waals surface area contributed by atoms with E-state index in [0.29, 0.717) is 0 Å². The molecule has 3 heteroatoms. The highest BCUT2D eigenvalue weighted by atomic mass is 16.1. The lowest BCUT2D eigenvalue weighted by molar-refractivity contribution is -0.116. The van der Waals surface area contributed by atoms with Gasteiger partial charge < -0.3 is 10.5 Å². The smallest absolute Gasteiger partial charge is 0.168 e. The van der Waals surface area contributed by atoms with E-state index in [2.05, 4.69) is 0 Å². The van der Waals surface area contributed by atoms with Gasteiger partial charge in [0.1, 0.15) is 0 Å². The predicted octanol–water partition coefficient (Wildman–Crippen LogP) is 0.199. The zero-order chi connectivity index (χ0) is 7.56. The van der Waals surface area contributed by atoms with Crippen molar-refractivity contribution in [3.8, 4) is 0 Å². The van der Waals surface area contributed by atoms with Crippen molar-refractivity contribution in [1.82, 2.24) is 0 Å². The van der Waals surface area contributed by atoms with Crippen LogP contribution < -0.4 is 5.73 Å². The lowest BCUT2D eigenvalue weighted by atomic mass is 9.76. The first kappa shape index (κ1) is 7.80. The second-order valence-corrected chi connectivity index (χ2v) is 2.96. The Morgan fingerprint density at radius 3 is 2.40 bits per heavy atom. The molecule has 0 aliphatic heterocycles. The molecule has 1 aliphatic carbocycles. The summed E-state index contributed by atoms with van der Waals surface area (Å²) in [6.45, 7) is 0. The minimum atomic E-state index is -0.229. The number of carbonyl (C=O) groups excluding carboxylic acids is 1. The number of hydrogen-bond acceptors (Lipinski definition) is 2. The number of rotatable bonds is 1. The van der Waals surface area contributed by atoms with Gasteiger partial charge in [0.15, 0.2) is 7.85 Å². The second kappa shape index (κ2) is 3.19. The van der Waals surface area contributed by atoms with Crippen molar-refractivity contribution < 1.29 is 4.79 Å². The summed E-state index contributed by atoms with van der Waals surface area (Å²) in [5.74, 6) is -0.0613. The highest BCUT2D eigenvalue weighted by Crippen LogP contribution is 2.22. The van der Waals surface area contributed by atoms with Crippen LogP contribution in [0.25, 0.3) is 0 Å². The van der Waals surface area contributed by atoms with Gasteiger partial charge in [-0.05, 0) is 12.8 Å². The van der Waals surface area contributed by atoms with Gasteiger partial charge in [-0.15, -0.1) is 0 Å². The fourth-order valence-electron chi connectivity index (χ4n) is 1.51. The van der Waals surface area contributed by atoms with E-state index in [1.165, 1.54) is 0 Å². The molecule has 1 aliphatic rings. The Morgan fingerprint density at radius 1 is 1.40 bits per heavy atom. The van der Waals surface area contributed by atoms with Crippen LogP contribution in [0.1, 0.15) is 25.7 Å². The van der Waals surface area contributed by atoms with Crippen LogP contribution in [0.5, 0.6) is 0 Å². The van der Waals surface area contributed by atoms with Crippen molar-refractivity contribution in [1.29, 1.82) is 0 Å². The molecule has 10 heavy (non-hydrogen) atoms. The molecule has 1 fully saturated rings. The van der Waals surface area contributed by atoms with Crippen molar-refractivity contribution in [3.05, 3.63) is 0 Å². The SMILES string of the molecule is [B]C(=O)[C@H]1CCCC[C@H]1N. The Hall–Kier alpha value is -0.305. The maximum Gasteiger partial charge on any atom is 0.168 e. The zero-order valence-electron chi connectivity index (χ0n) is 6.05. The Kier molecular flexibility index (Phi) is 2.49. The van der Waals surface area contributed by atoms with Gasteiger partial charge in [0.05, 0.1) is 5.68 Å². The summed E-state index contributed by atoms with van der Waals surface area (Å²) in [6, 6.07) is 0.0197. The summed E-state index contributed by atoms with van der Waals surface area (Å²) in [6.07, 6.45) is 4.08. The molecule has 0 aromatic rings. The molecule has 2 N–H and O–H groups in total. The lowest BCUT2D eigenvalue weighted by Crippen LogP contribution is -2.38. The normalized spacial score (nSPS) is 33.7. The van der Waals surface area contributed by atoms with E-state index in [9.17, 15) is 4.79 Å². The van der Waals surface area contributed by atoms with Gasteiger partial charge in [0.2, 0.25) is 0 Å². The molecular formula is C7H12BNO. The molecule has 0 aromatic carbocycles. The summed E-state index contributed by atoms with van der Waals surface area (Å²) >= 11 is 0. The summed E-state index contributed by atoms with van der Waals surface area (Å²) in [5, 5.41) is 0. The first-order valence-electron chi connectivity index (χ1n) is 3.76. The van der Waals surface area contributed by atoms with Gasteiger partial charge in [0, 0.05) is 12.0 Å². The molecule has 0 saturated heterocycles. The van der Waals surface area contributed by atoms with E-state index in [1.54, 1.807) is 0 Å². The maximum atomic E-state index is 10.7. The van der Waals surface area contributed by atoms with Crippen LogP contribution in [0.2, 0.25) is 0 Å². The topological polar surface area (TPSA) is 43.1 Å². The molecule has 0 spiro atoms. The molecule has 54 valence electrons. The van der Waals surface area contributed by atoms with E-state index in [0.717, 1.165) is 25.7 Å². The van der Waals surface area contributed by atoms with Crippen molar-refractivity contribution >= 4 is 13.5 Å². The lowest BCUT2D eigenvalue weighted by Gasteiger charge is -2.26. The number of nitrogens with two attached hydrogens (primary N) is 1. The third-order valence-electron chi connectivity index (χ3n) is 2.18. The standard InChI is InChI=1S/C7H12BNO/c8-7(10)5-3-1-2-4-6(5)9/h5-6H,1-4,9H2/t5-,6+/m0/s1. The molecule has 2 radical (unpaired) electrons. The van der Waals surface area contributed by atoms with Crippen molar-refractivity contribution in [2.45, 2.75) is 31.7 Å². The highest BCUT2D eigenvalue weighted by Gasteiger charge is 2.24. The quantitative estimate of drug-likeness (QED) is 0.524. The summed E-state index contributed by atoms with van der Waals surface area (Å²) < 4.78 is 0. The van der Waals surface area contributed by atoms with Crippen LogP contribution in [-0.4, -0.2) is 19.6 Å². The van der Waals surface area contributed by atoms with Crippen molar-refractivity contribution in [3.63, 3.8) is 0 Å². The average Bonchev–Trinajstić information content (AvgIpc) is 1.88. The molecule has 1 rings (SSSR count). The van der Waals surface area contributed by atoms with Crippen LogP contribution in [0.15, 0.2) is 0 Å². The molecule has 0 amide bonds.